The molecule has 0 amide bonds. The second kappa shape index (κ2) is 5.31. The average Bonchev–Trinajstić information content (AvgIpc) is 3.25. The van der Waals surface area contributed by atoms with Crippen LogP contribution in [0, 0.1) is 15.5 Å². The first-order chi connectivity index (χ1) is 10.2. The van der Waals surface area contributed by atoms with Crippen molar-refractivity contribution in [3.8, 4) is 0 Å². The number of nitro groups is 1. The summed E-state index contributed by atoms with van der Waals surface area (Å²) in [5.74, 6) is 0. The summed E-state index contributed by atoms with van der Waals surface area (Å²) in [7, 11) is 0. The monoisotopic (exact) mass is 285 g/mol. The van der Waals surface area contributed by atoms with Gasteiger partial charge in [0, 0.05) is 18.8 Å². The van der Waals surface area contributed by atoms with Crippen LogP contribution in [0.4, 0.5) is 11.4 Å². The first-order valence-electron chi connectivity index (χ1n) is 7.41. The SMILES string of the molecule is CCCC1(CNc2ccc([N+](=O)[O-])c3cccnc23)CC1. The number of rotatable bonds is 6. The van der Waals surface area contributed by atoms with Crippen molar-refractivity contribution in [3.05, 3.63) is 40.6 Å². The lowest BCUT2D eigenvalue weighted by atomic mass is 10.0. The van der Waals surface area contributed by atoms with Crippen LogP contribution in [0.15, 0.2) is 30.5 Å². The minimum Gasteiger partial charge on any atom is -0.383 e. The number of nitrogens with one attached hydrogen (secondary N) is 1. The normalized spacial score (nSPS) is 15.9. The maximum absolute atomic E-state index is 11.1. The first-order valence-corrected chi connectivity index (χ1v) is 7.41. The predicted octanol–water partition coefficient (Wildman–Crippen LogP) is 4.14. The minimum absolute atomic E-state index is 0.110. The molecule has 3 rings (SSSR count). The van der Waals surface area contributed by atoms with Crippen LogP contribution in [0.2, 0.25) is 0 Å². The topological polar surface area (TPSA) is 68.1 Å². The Morgan fingerprint density at radius 1 is 1.38 bits per heavy atom. The molecule has 0 bridgehead atoms. The molecular formula is C16H19N3O2. The van der Waals surface area contributed by atoms with E-state index in [-0.39, 0.29) is 10.6 Å². The van der Waals surface area contributed by atoms with Gasteiger partial charge >= 0.3 is 0 Å². The highest BCUT2D eigenvalue weighted by atomic mass is 16.6. The van der Waals surface area contributed by atoms with Gasteiger partial charge in [-0.05, 0) is 42.9 Å². The molecule has 1 saturated carbocycles. The van der Waals surface area contributed by atoms with E-state index in [0.717, 1.165) is 12.2 Å². The molecule has 1 aliphatic rings. The number of pyridine rings is 1. The molecule has 21 heavy (non-hydrogen) atoms. The summed E-state index contributed by atoms with van der Waals surface area (Å²) in [6.45, 7) is 3.13. The van der Waals surface area contributed by atoms with Gasteiger partial charge in [-0.25, -0.2) is 0 Å². The second-order valence-electron chi connectivity index (χ2n) is 5.89. The zero-order chi connectivity index (χ0) is 14.9. The van der Waals surface area contributed by atoms with Gasteiger partial charge in [0.25, 0.3) is 5.69 Å². The lowest BCUT2D eigenvalue weighted by molar-refractivity contribution is -0.383. The van der Waals surface area contributed by atoms with Crippen molar-refractivity contribution >= 4 is 22.3 Å². The molecule has 1 aliphatic carbocycles. The molecular weight excluding hydrogens is 266 g/mol. The van der Waals surface area contributed by atoms with Gasteiger partial charge in [-0.2, -0.15) is 0 Å². The molecule has 5 heteroatoms. The van der Waals surface area contributed by atoms with E-state index >= 15 is 0 Å². The largest absolute Gasteiger partial charge is 0.383 e. The highest BCUT2D eigenvalue weighted by molar-refractivity contribution is 5.96. The number of hydrogen-bond donors (Lipinski definition) is 1. The van der Waals surface area contributed by atoms with E-state index in [1.165, 1.54) is 25.7 Å². The Labute approximate surface area is 123 Å². The van der Waals surface area contributed by atoms with Crippen LogP contribution in [0.3, 0.4) is 0 Å². The Balaban J connectivity index is 1.89. The van der Waals surface area contributed by atoms with Crippen molar-refractivity contribution in [2.24, 2.45) is 5.41 Å². The number of nitro benzene ring substituents is 1. The quantitative estimate of drug-likeness (QED) is 0.640. The number of non-ortho nitro benzene ring substituents is 1. The molecule has 0 radical (unpaired) electrons. The van der Waals surface area contributed by atoms with Crippen LogP contribution in [0.25, 0.3) is 10.9 Å². The summed E-state index contributed by atoms with van der Waals surface area (Å²) in [6, 6.07) is 6.82. The number of fused-ring (bicyclic) bond motifs is 1. The molecule has 1 heterocycles. The molecule has 5 nitrogen and oxygen atoms in total. The van der Waals surface area contributed by atoms with Crippen LogP contribution in [0.5, 0.6) is 0 Å². The van der Waals surface area contributed by atoms with Gasteiger partial charge in [-0.15, -0.1) is 0 Å². The maximum atomic E-state index is 11.1. The number of anilines is 1. The van der Waals surface area contributed by atoms with Crippen LogP contribution in [-0.2, 0) is 0 Å². The molecule has 2 aromatic rings. The second-order valence-corrected chi connectivity index (χ2v) is 5.89. The van der Waals surface area contributed by atoms with Crippen molar-refractivity contribution in [1.29, 1.82) is 0 Å². The fraction of sp³-hybridized carbons (Fsp3) is 0.438. The highest BCUT2D eigenvalue weighted by Crippen LogP contribution is 2.49. The standard InChI is InChI=1S/C16H19N3O2/c1-2-7-16(8-9-16)11-18-13-5-6-14(19(20)21)12-4-3-10-17-15(12)13/h3-6,10,18H,2,7-9,11H2,1H3. The van der Waals surface area contributed by atoms with E-state index in [0.29, 0.717) is 16.3 Å². The number of hydrogen-bond acceptors (Lipinski definition) is 4. The number of benzene rings is 1. The summed E-state index contributed by atoms with van der Waals surface area (Å²) >= 11 is 0. The average molecular weight is 285 g/mol. The molecule has 1 aromatic heterocycles. The summed E-state index contributed by atoms with van der Waals surface area (Å²) in [4.78, 5) is 15.1. The maximum Gasteiger partial charge on any atom is 0.278 e. The molecule has 0 unspecified atom stereocenters. The third-order valence-electron chi connectivity index (χ3n) is 4.33. The molecule has 1 N–H and O–H groups in total. The Kier molecular flexibility index (Phi) is 3.49. The van der Waals surface area contributed by atoms with Crippen molar-refractivity contribution in [3.63, 3.8) is 0 Å². The molecule has 110 valence electrons. The zero-order valence-electron chi connectivity index (χ0n) is 12.1. The summed E-state index contributed by atoms with van der Waals surface area (Å²) in [5.41, 5.74) is 2.10. The lowest BCUT2D eigenvalue weighted by Crippen LogP contribution is -2.15. The van der Waals surface area contributed by atoms with E-state index in [1.807, 2.05) is 0 Å². The van der Waals surface area contributed by atoms with Crippen LogP contribution in [0.1, 0.15) is 32.6 Å². The van der Waals surface area contributed by atoms with Crippen LogP contribution in [-0.4, -0.2) is 16.5 Å². The highest BCUT2D eigenvalue weighted by Gasteiger charge is 2.41. The lowest BCUT2D eigenvalue weighted by Gasteiger charge is -2.16. The van der Waals surface area contributed by atoms with Crippen LogP contribution < -0.4 is 5.32 Å². The van der Waals surface area contributed by atoms with E-state index in [9.17, 15) is 10.1 Å². The van der Waals surface area contributed by atoms with Gasteiger partial charge in [0.2, 0.25) is 0 Å². The molecule has 1 fully saturated rings. The first kappa shape index (κ1) is 13.8. The molecule has 0 aliphatic heterocycles. The number of aromatic nitrogens is 1. The van der Waals surface area contributed by atoms with Gasteiger partial charge in [0.05, 0.1) is 16.0 Å². The summed E-state index contributed by atoms with van der Waals surface area (Å²) < 4.78 is 0. The van der Waals surface area contributed by atoms with Crippen molar-refractivity contribution in [2.75, 3.05) is 11.9 Å². The summed E-state index contributed by atoms with van der Waals surface area (Å²) in [6.07, 6.45) is 6.65. The minimum atomic E-state index is -0.354. The molecule has 0 saturated heterocycles. The smallest absolute Gasteiger partial charge is 0.278 e. The summed E-state index contributed by atoms with van der Waals surface area (Å²) in [5, 5.41) is 15.1. The van der Waals surface area contributed by atoms with Crippen molar-refractivity contribution in [1.82, 2.24) is 4.98 Å². The van der Waals surface area contributed by atoms with E-state index in [1.54, 1.807) is 30.5 Å². The van der Waals surface area contributed by atoms with E-state index < -0.39 is 0 Å². The Bertz CT molecular complexity index is 680. The van der Waals surface area contributed by atoms with Gasteiger partial charge in [-0.1, -0.05) is 13.3 Å². The zero-order valence-corrected chi connectivity index (χ0v) is 12.1. The van der Waals surface area contributed by atoms with Gasteiger partial charge in [0.1, 0.15) is 5.52 Å². The van der Waals surface area contributed by atoms with Gasteiger partial charge in [0.15, 0.2) is 0 Å². The van der Waals surface area contributed by atoms with Crippen LogP contribution >= 0.6 is 0 Å². The Hall–Kier alpha value is -2.17. The molecule has 0 spiro atoms. The fourth-order valence-corrected chi connectivity index (χ4v) is 2.96. The van der Waals surface area contributed by atoms with E-state index in [2.05, 4.69) is 17.2 Å². The fourth-order valence-electron chi connectivity index (χ4n) is 2.96. The third-order valence-corrected chi connectivity index (χ3v) is 4.33. The Morgan fingerprint density at radius 2 is 2.19 bits per heavy atom. The third kappa shape index (κ3) is 2.68. The van der Waals surface area contributed by atoms with Crippen molar-refractivity contribution in [2.45, 2.75) is 32.6 Å². The number of nitrogens with zero attached hydrogens (tertiary/aromatic N) is 2. The molecule has 1 aromatic carbocycles. The predicted molar refractivity (Wildman–Crippen MR) is 83.5 cm³/mol. The van der Waals surface area contributed by atoms with Crippen molar-refractivity contribution < 1.29 is 4.92 Å². The Morgan fingerprint density at radius 3 is 2.86 bits per heavy atom. The van der Waals surface area contributed by atoms with Gasteiger partial charge in [-0.3, -0.25) is 15.1 Å². The molecule has 0 atom stereocenters. The van der Waals surface area contributed by atoms with Gasteiger partial charge < -0.3 is 5.32 Å². The van der Waals surface area contributed by atoms with E-state index in [4.69, 9.17) is 0 Å².